The minimum absolute atomic E-state index is 0.117. The second-order valence-electron chi connectivity index (χ2n) is 6.10. The van der Waals surface area contributed by atoms with E-state index in [2.05, 4.69) is 4.90 Å². The topological polar surface area (TPSA) is 38.5 Å². The van der Waals surface area contributed by atoms with Crippen molar-refractivity contribution in [2.45, 2.75) is 50.5 Å². The van der Waals surface area contributed by atoms with Gasteiger partial charge in [0, 0.05) is 25.8 Å². The molecule has 2 aliphatic rings. The van der Waals surface area contributed by atoms with Crippen molar-refractivity contribution in [1.29, 1.82) is 0 Å². The normalized spacial score (nSPS) is 27.2. The van der Waals surface area contributed by atoms with Crippen molar-refractivity contribution >= 4 is 0 Å². The highest BCUT2D eigenvalue weighted by atomic mass is 16.5. The fourth-order valence-electron chi connectivity index (χ4n) is 3.41. The van der Waals surface area contributed by atoms with Gasteiger partial charge in [0.05, 0.1) is 0 Å². The summed E-state index contributed by atoms with van der Waals surface area (Å²) in [6, 6.07) is 0. The lowest BCUT2D eigenvalue weighted by molar-refractivity contribution is 0.0828. The molecule has 0 bridgehead atoms. The monoisotopic (exact) mass is 240 g/mol. The summed E-state index contributed by atoms with van der Waals surface area (Å²) in [5.41, 5.74) is 6.63. The van der Waals surface area contributed by atoms with Gasteiger partial charge in [-0.1, -0.05) is 19.3 Å². The molecule has 100 valence electrons. The molecule has 1 saturated heterocycles. The van der Waals surface area contributed by atoms with Gasteiger partial charge in [-0.05, 0) is 44.7 Å². The molecule has 2 fully saturated rings. The van der Waals surface area contributed by atoms with Crippen molar-refractivity contribution < 1.29 is 4.74 Å². The Balaban J connectivity index is 1.73. The maximum Gasteiger partial charge on any atom is 0.0491 e. The zero-order valence-electron chi connectivity index (χ0n) is 11.3. The van der Waals surface area contributed by atoms with E-state index in [4.69, 9.17) is 10.5 Å². The van der Waals surface area contributed by atoms with Gasteiger partial charge in [0.1, 0.15) is 0 Å². The molecule has 17 heavy (non-hydrogen) atoms. The first-order chi connectivity index (χ1) is 8.22. The number of ether oxygens (including phenoxy) is 1. The van der Waals surface area contributed by atoms with Crippen molar-refractivity contribution in [3.63, 3.8) is 0 Å². The van der Waals surface area contributed by atoms with Gasteiger partial charge in [-0.15, -0.1) is 0 Å². The van der Waals surface area contributed by atoms with E-state index in [9.17, 15) is 0 Å². The Bertz CT molecular complexity index is 218. The molecule has 1 saturated carbocycles. The Morgan fingerprint density at radius 1 is 1.18 bits per heavy atom. The van der Waals surface area contributed by atoms with E-state index in [1.807, 2.05) is 7.11 Å². The summed E-state index contributed by atoms with van der Waals surface area (Å²) in [5, 5.41) is 0. The van der Waals surface area contributed by atoms with Crippen LogP contribution < -0.4 is 5.73 Å². The van der Waals surface area contributed by atoms with E-state index in [-0.39, 0.29) is 5.54 Å². The average Bonchev–Trinajstić information content (AvgIpc) is 2.33. The number of hydrogen-bond donors (Lipinski definition) is 1. The van der Waals surface area contributed by atoms with Crippen molar-refractivity contribution in [2.24, 2.45) is 11.7 Å². The van der Waals surface area contributed by atoms with Crippen LogP contribution in [0.25, 0.3) is 0 Å². The second-order valence-corrected chi connectivity index (χ2v) is 6.10. The molecule has 1 aliphatic carbocycles. The zero-order chi connectivity index (χ0) is 12.1. The lowest BCUT2D eigenvalue weighted by Gasteiger charge is -2.40. The van der Waals surface area contributed by atoms with Crippen molar-refractivity contribution in [1.82, 2.24) is 4.90 Å². The van der Waals surface area contributed by atoms with Gasteiger partial charge in [0.15, 0.2) is 0 Å². The second kappa shape index (κ2) is 6.17. The van der Waals surface area contributed by atoms with Gasteiger partial charge in [-0.3, -0.25) is 0 Å². The molecule has 0 aromatic carbocycles. The smallest absolute Gasteiger partial charge is 0.0491 e. The highest BCUT2D eigenvalue weighted by Crippen LogP contribution is 2.28. The molecule has 0 unspecified atom stereocenters. The largest absolute Gasteiger partial charge is 0.384 e. The van der Waals surface area contributed by atoms with Crippen molar-refractivity contribution in [3.8, 4) is 0 Å². The SMILES string of the molecule is COCC1CCN(CC2(N)CCCCC2)CC1. The molecule has 0 aromatic heterocycles. The summed E-state index contributed by atoms with van der Waals surface area (Å²) in [7, 11) is 1.81. The Morgan fingerprint density at radius 2 is 1.82 bits per heavy atom. The third kappa shape index (κ3) is 3.94. The van der Waals surface area contributed by atoms with E-state index in [1.54, 1.807) is 0 Å². The molecule has 2 rings (SSSR count). The van der Waals surface area contributed by atoms with E-state index in [1.165, 1.54) is 58.0 Å². The molecule has 1 heterocycles. The molecule has 2 N–H and O–H groups in total. The van der Waals surface area contributed by atoms with E-state index < -0.39 is 0 Å². The molecule has 3 nitrogen and oxygen atoms in total. The first-order valence-electron chi connectivity index (χ1n) is 7.22. The standard InChI is InChI=1S/C14H28N2O/c1-17-11-13-5-9-16(10-6-13)12-14(15)7-3-2-4-8-14/h13H,2-12,15H2,1H3. The molecule has 0 aromatic rings. The summed E-state index contributed by atoms with van der Waals surface area (Å²) >= 11 is 0. The molecule has 0 spiro atoms. The third-order valence-electron chi connectivity index (χ3n) is 4.50. The quantitative estimate of drug-likeness (QED) is 0.817. The van der Waals surface area contributed by atoms with Crippen LogP contribution in [-0.2, 0) is 4.74 Å². The van der Waals surface area contributed by atoms with Gasteiger partial charge >= 0.3 is 0 Å². The fourth-order valence-corrected chi connectivity index (χ4v) is 3.41. The van der Waals surface area contributed by atoms with Crippen LogP contribution in [-0.4, -0.2) is 43.8 Å². The van der Waals surface area contributed by atoms with E-state index in [0.717, 1.165) is 19.1 Å². The number of nitrogens with zero attached hydrogens (tertiary/aromatic N) is 1. The molecular weight excluding hydrogens is 212 g/mol. The van der Waals surface area contributed by atoms with Crippen LogP contribution in [0.2, 0.25) is 0 Å². The summed E-state index contributed by atoms with van der Waals surface area (Å²) in [5.74, 6) is 0.774. The van der Waals surface area contributed by atoms with Crippen molar-refractivity contribution in [3.05, 3.63) is 0 Å². The first-order valence-corrected chi connectivity index (χ1v) is 7.22. The molecule has 0 atom stereocenters. The van der Waals surface area contributed by atoms with Gasteiger partial charge < -0.3 is 15.4 Å². The minimum Gasteiger partial charge on any atom is -0.384 e. The van der Waals surface area contributed by atoms with Crippen LogP contribution in [0.4, 0.5) is 0 Å². The van der Waals surface area contributed by atoms with Crippen LogP contribution in [0.1, 0.15) is 44.9 Å². The Hall–Kier alpha value is -0.120. The fraction of sp³-hybridized carbons (Fsp3) is 1.00. The van der Waals surface area contributed by atoms with Gasteiger partial charge in [0.25, 0.3) is 0 Å². The van der Waals surface area contributed by atoms with E-state index >= 15 is 0 Å². The summed E-state index contributed by atoms with van der Waals surface area (Å²) in [4.78, 5) is 2.58. The van der Waals surface area contributed by atoms with Crippen LogP contribution in [0.15, 0.2) is 0 Å². The Labute approximate surface area is 106 Å². The third-order valence-corrected chi connectivity index (χ3v) is 4.50. The van der Waals surface area contributed by atoms with Crippen LogP contribution in [0.3, 0.4) is 0 Å². The Morgan fingerprint density at radius 3 is 2.41 bits per heavy atom. The number of rotatable bonds is 4. The maximum atomic E-state index is 6.52. The maximum absolute atomic E-state index is 6.52. The molecule has 0 amide bonds. The van der Waals surface area contributed by atoms with Gasteiger partial charge in [-0.2, -0.15) is 0 Å². The molecule has 3 heteroatoms. The zero-order valence-corrected chi connectivity index (χ0v) is 11.3. The van der Waals surface area contributed by atoms with Crippen LogP contribution >= 0.6 is 0 Å². The number of likely N-dealkylation sites (tertiary alicyclic amines) is 1. The predicted molar refractivity (Wildman–Crippen MR) is 71.0 cm³/mol. The average molecular weight is 240 g/mol. The molecule has 1 aliphatic heterocycles. The highest BCUT2D eigenvalue weighted by Gasteiger charge is 2.31. The number of nitrogens with two attached hydrogens (primary N) is 1. The van der Waals surface area contributed by atoms with Crippen LogP contribution in [0.5, 0.6) is 0 Å². The van der Waals surface area contributed by atoms with Crippen LogP contribution in [0, 0.1) is 5.92 Å². The summed E-state index contributed by atoms with van der Waals surface area (Å²) in [6.45, 7) is 4.48. The predicted octanol–water partition coefficient (Wildman–Crippen LogP) is 2.01. The van der Waals surface area contributed by atoms with E-state index in [0.29, 0.717) is 0 Å². The lowest BCUT2D eigenvalue weighted by atomic mass is 9.81. The van der Waals surface area contributed by atoms with Gasteiger partial charge in [-0.25, -0.2) is 0 Å². The summed E-state index contributed by atoms with van der Waals surface area (Å²) in [6.07, 6.45) is 9.06. The lowest BCUT2D eigenvalue weighted by Crippen LogP contribution is -2.53. The highest BCUT2D eigenvalue weighted by molar-refractivity contribution is 4.91. The summed E-state index contributed by atoms with van der Waals surface area (Å²) < 4.78 is 5.24. The number of piperidine rings is 1. The molecular formula is C14H28N2O. The minimum atomic E-state index is 0.117. The van der Waals surface area contributed by atoms with Gasteiger partial charge in [0.2, 0.25) is 0 Å². The Kier molecular flexibility index (Phi) is 4.83. The number of hydrogen-bond acceptors (Lipinski definition) is 3. The first kappa shape index (κ1) is 13.3. The number of methoxy groups -OCH3 is 1. The molecule has 0 radical (unpaired) electrons. The van der Waals surface area contributed by atoms with Crippen molar-refractivity contribution in [2.75, 3.05) is 33.4 Å².